The van der Waals surface area contributed by atoms with E-state index in [1.807, 2.05) is 6.92 Å². The van der Waals surface area contributed by atoms with E-state index < -0.39 is 13.0 Å². The molecule has 1 aliphatic heterocycles. The average molecular weight is 550 g/mol. The first-order chi connectivity index (χ1) is 19.4. The first-order valence-corrected chi connectivity index (χ1v) is 12.7. The number of hydrogen-bond acceptors (Lipinski definition) is 10. The van der Waals surface area contributed by atoms with E-state index in [4.69, 9.17) is 14.2 Å². The summed E-state index contributed by atoms with van der Waals surface area (Å²) >= 11 is 0. The molecule has 3 atom stereocenters. The van der Waals surface area contributed by atoms with Gasteiger partial charge in [0.05, 0.1) is 42.5 Å². The summed E-state index contributed by atoms with van der Waals surface area (Å²) in [6.07, 6.45) is 4.71. The van der Waals surface area contributed by atoms with Crippen LogP contribution in [0.15, 0.2) is 36.9 Å². The van der Waals surface area contributed by atoms with E-state index in [1.165, 1.54) is 0 Å². The van der Waals surface area contributed by atoms with Gasteiger partial charge < -0.3 is 19.5 Å². The molecule has 206 valence electrons. The van der Waals surface area contributed by atoms with Gasteiger partial charge in [0, 0.05) is 43.7 Å². The molecule has 6 rings (SSSR count). The maximum Gasteiger partial charge on any atom is 0.272 e. The number of halogens is 2. The van der Waals surface area contributed by atoms with Crippen LogP contribution >= 0.6 is 0 Å². The Morgan fingerprint density at radius 3 is 2.90 bits per heavy atom. The number of nitriles is 1. The summed E-state index contributed by atoms with van der Waals surface area (Å²) in [4.78, 5) is 13.5. The van der Waals surface area contributed by atoms with E-state index >= 15 is 0 Å². The Kier molecular flexibility index (Phi) is 6.63. The van der Waals surface area contributed by atoms with Crippen LogP contribution in [0.2, 0.25) is 0 Å². The molecule has 40 heavy (non-hydrogen) atoms. The second-order valence-corrected chi connectivity index (χ2v) is 9.58. The standard InChI is InChI=1S/C26H25F2N9O3/c1-14-4-6-38-26-17(11-32-36(26)2)24-30-5-3-22(34-24)33-23-8-20(40-14)16(10-31-23)18-12-37(19-7-15(19)9-29)35-25(18)39-13-21(27)28/h3,5,8,10-12,14-15,19,21H,4,6-7,13H2,1-2H3,(H,30,31,33,34)/t14-,15-,19+/m0/s1. The van der Waals surface area contributed by atoms with E-state index in [9.17, 15) is 14.0 Å². The lowest BCUT2D eigenvalue weighted by Crippen LogP contribution is -2.17. The van der Waals surface area contributed by atoms with Crippen molar-refractivity contribution in [1.82, 2.24) is 34.5 Å². The number of anilines is 2. The van der Waals surface area contributed by atoms with Gasteiger partial charge in [0.25, 0.3) is 6.43 Å². The van der Waals surface area contributed by atoms with Gasteiger partial charge in [0.1, 0.15) is 22.9 Å². The molecule has 0 aromatic carbocycles. The number of nitrogens with one attached hydrogen (secondary N) is 1. The summed E-state index contributed by atoms with van der Waals surface area (Å²) in [7, 11) is 1.78. The Hall–Kier alpha value is -4.80. The van der Waals surface area contributed by atoms with Crippen molar-refractivity contribution < 1.29 is 23.0 Å². The third-order valence-corrected chi connectivity index (χ3v) is 6.59. The summed E-state index contributed by atoms with van der Waals surface area (Å²) in [6.45, 7) is 1.41. The predicted molar refractivity (Wildman–Crippen MR) is 137 cm³/mol. The molecule has 4 bridgehead atoms. The van der Waals surface area contributed by atoms with E-state index in [2.05, 4.69) is 36.5 Å². The fourth-order valence-electron chi connectivity index (χ4n) is 4.43. The highest BCUT2D eigenvalue weighted by Gasteiger charge is 2.40. The van der Waals surface area contributed by atoms with E-state index in [0.29, 0.717) is 65.2 Å². The topological polar surface area (TPSA) is 138 Å². The van der Waals surface area contributed by atoms with Crippen LogP contribution in [0, 0.1) is 17.2 Å². The first-order valence-electron chi connectivity index (χ1n) is 12.7. The monoisotopic (exact) mass is 549 g/mol. The SMILES string of the molecule is C[C@H]1CCOc2c(cnn2C)-c2nccc(n2)Nc2cc(c(-c3cn([C@@H]4C[C@H]4C#N)nc3OCC(F)F)cn2)O1. The maximum absolute atomic E-state index is 13.0. The van der Waals surface area contributed by atoms with E-state index in [0.717, 1.165) is 0 Å². The third kappa shape index (κ3) is 5.09. The van der Waals surface area contributed by atoms with Crippen LogP contribution in [0.1, 0.15) is 25.8 Å². The van der Waals surface area contributed by atoms with Gasteiger partial charge in [0.15, 0.2) is 12.4 Å². The molecule has 4 aromatic heterocycles. The number of aromatic nitrogens is 7. The van der Waals surface area contributed by atoms with Crippen molar-refractivity contribution in [3.63, 3.8) is 0 Å². The molecule has 1 aliphatic carbocycles. The summed E-state index contributed by atoms with van der Waals surface area (Å²) in [5, 5.41) is 21.1. The number of ether oxygens (including phenoxy) is 3. The minimum atomic E-state index is -2.68. The van der Waals surface area contributed by atoms with Gasteiger partial charge in [-0.25, -0.2) is 28.4 Å². The number of alkyl halides is 2. The van der Waals surface area contributed by atoms with Gasteiger partial charge in [-0.15, -0.1) is 5.10 Å². The third-order valence-electron chi connectivity index (χ3n) is 6.59. The molecule has 1 N–H and O–H groups in total. The number of hydrogen-bond donors (Lipinski definition) is 1. The Morgan fingerprint density at radius 2 is 2.10 bits per heavy atom. The Bertz CT molecular complexity index is 1580. The summed E-state index contributed by atoms with van der Waals surface area (Å²) < 4.78 is 47.0. The Labute approximate surface area is 227 Å². The van der Waals surface area contributed by atoms with E-state index in [-0.39, 0.29) is 23.9 Å². The van der Waals surface area contributed by atoms with Crippen molar-refractivity contribution in [2.45, 2.75) is 38.3 Å². The van der Waals surface area contributed by atoms with Crippen LogP contribution in [0.5, 0.6) is 17.5 Å². The molecule has 0 amide bonds. The summed E-state index contributed by atoms with van der Waals surface area (Å²) in [5.41, 5.74) is 1.60. The van der Waals surface area contributed by atoms with Crippen molar-refractivity contribution in [3.05, 3.63) is 36.9 Å². The largest absolute Gasteiger partial charge is 0.490 e. The highest BCUT2D eigenvalue weighted by atomic mass is 19.3. The van der Waals surface area contributed by atoms with Crippen molar-refractivity contribution in [3.8, 4) is 46.1 Å². The minimum absolute atomic E-state index is 0.0193. The molecule has 0 unspecified atom stereocenters. The lowest BCUT2D eigenvalue weighted by atomic mass is 10.1. The fourth-order valence-corrected chi connectivity index (χ4v) is 4.43. The van der Waals surface area contributed by atoms with Gasteiger partial charge in [-0.05, 0) is 19.4 Å². The lowest BCUT2D eigenvalue weighted by Gasteiger charge is -2.19. The molecule has 1 saturated carbocycles. The second-order valence-electron chi connectivity index (χ2n) is 9.58. The van der Waals surface area contributed by atoms with Gasteiger partial charge >= 0.3 is 0 Å². The van der Waals surface area contributed by atoms with Crippen LogP contribution in [-0.4, -0.2) is 60.3 Å². The molecular weight excluding hydrogens is 524 g/mol. The number of rotatable bonds is 5. The molecule has 1 fully saturated rings. The van der Waals surface area contributed by atoms with Crippen LogP contribution in [-0.2, 0) is 7.05 Å². The molecule has 0 spiro atoms. The zero-order chi connectivity index (χ0) is 27.8. The van der Waals surface area contributed by atoms with Gasteiger partial charge in [-0.3, -0.25) is 4.68 Å². The second kappa shape index (κ2) is 10.4. The smallest absolute Gasteiger partial charge is 0.272 e. The van der Waals surface area contributed by atoms with Crippen molar-refractivity contribution >= 4 is 11.6 Å². The molecule has 2 aliphatic rings. The molecule has 12 nitrogen and oxygen atoms in total. The quantitative estimate of drug-likeness (QED) is 0.386. The van der Waals surface area contributed by atoms with Crippen molar-refractivity contribution in [2.75, 3.05) is 18.5 Å². The minimum Gasteiger partial charge on any atom is -0.490 e. The van der Waals surface area contributed by atoms with Gasteiger partial charge in [-0.1, -0.05) is 0 Å². The molecule has 0 radical (unpaired) electrons. The molecular formula is C26H25F2N9O3. The number of fused-ring (bicyclic) bond motifs is 6. The average Bonchev–Trinajstić information content (AvgIpc) is 3.47. The number of aryl methyl sites for hydroxylation is 1. The predicted octanol–water partition coefficient (Wildman–Crippen LogP) is 4.16. The summed E-state index contributed by atoms with van der Waals surface area (Å²) in [6, 6.07) is 5.48. The molecule has 14 heteroatoms. The zero-order valence-corrected chi connectivity index (χ0v) is 21.7. The molecule has 4 aromatic rings. The highest BCUT2D eigenvalue weighted by Crippen LogP contribution is 2.45. The van der Waals surface area contributed by atoms with Crippen LogP contribution in [0.25, 0.3) is 22.5 Å². The van der Waals surface area contributed by atoms with Crippen LogP contribution in [0.3, 0.4) is 0 Å². The number of nitrogens with zero attached hydrogens (tertiary/aromatic N) is 8. The lowest BCUT2D eigenvalue weighted by molar-refractivity contribution is 0.0794. The first kappa shape index (κ1) is 25.5. The zero-order valence-electron chi connectivity index (χ0n) is 21.7. The molecule has 0 saturated heterocycles. The maximum atomic E-state index is 13.0. The fraction of sp³-hybridized carbons (Fsp3) is 0.385. The normalized spacial score (nSPS) is 19.9. The van der Waals surface area contributed by atoms with Crippen LogP contribution < -0.4 is 19.5 Å². The van der Waals surface area contributed by atoms with Crippen molar-refractivity contribution in [2.24, 2.45) is 13.0 Å². The summed E-state index contributed by atoms with van der Waals surface area (Å²) in [5.74, 6) is 2.17. The van der Waals surface area contributed by atoms with Crippen molar-refractivity contribution in [1.29, 1.82) is 5.26 Å². The Morgan fingerprint density at radius 1 is 1.23 bits per heavy atom. The van der Waals surface area contributed by atoms with E-state index in [1.54, 1.807) is 53.3 Å². The Balaban J connectivity index is 1.39. The van der Waals surface area contributed by atoms with Gasteiger partial charge in [-0.2, -0.15) is 10.4 Å². The molecule has 5 heterocycles. The van der Waals surface area contributed by atoms with Gasteiger partial charge in [0.2, 0.25) is 11.8 Å². The number of pyridine rings is 1. The highest BCUT2D eigenvalue weighted by molar-refractivity contribution is 5.75. The van der Waals surface area contributed by atoms with Crippen LogP contribution in [0.4, 0.5) is 20.4 Å².